The maximum Gasteiger partial charge on any atom is 0.348 e. The van der Waals surface area contributed by atoms with E-state index in [0.29, 0.717) is 26.2 Å². The smallest absolute Gasteiger partial charge is 0.347 e. The second kappa shape index (κ2) is 7.09. The van der Waals surface area contributed by atoms with Crippen LogP contribution in [0.5, 0.6) is 0 Å². The van der Waals surface area contributed by atoms with Crippen molar-refractivity contribution in [3.8, 4) is 9.88 Å². The van der Waals surface area contributed by atoms with Crippen molar-refractivity contribution in [2.45, 2.75) is 0 Å². The molecule has 1 aliphatic rings. The number of rotatable bonds is 4. The summed E-state index contributed by atoms with van der Waals surface area (Å²) >= 11 is 9.05. The fraction of sp³-hybridized carbons (Fsp3) is 0.286. The van der Waals surface area contributed by atoms with Crippen LogP contribution in [-0.4, -0.2) is 51.3 Å². The van der Waals surface area contributed by atoms with E-state index in [9.17, 15) is 10.1 Å². The van der Waals surface area contributed by atoms with Gasteiger partial charge < -0.3 is 9.80 Å². The standard InChI is InChI=1S/C14H12ClN7O2S2/c15-11-10(22(23)24)12(17-8-16-11)20-3-5-21(6-4-20)14-19-18-13(26-14)9-2-1-7-25-9/h1-2,7-8H,3-6H2. The number of aromatic nitrogens is 4. The highest BCUT2D eigenvalue weighted by atomic mass is 35.5. The van der Waals surface area contributed by atoms with Gasteiger partial charge >= 0.3 is 5.69 Å². The van der Waals surface area contributed by atoms with Crippen LogP contribution in [0.15, 0.2) is 23.8 Å². The Morgan fingerprint density at radius 2 is 1.92 bits per heavy atom. The number of halogens is 1. The lowest BCUT2D eigenvalue weighted by Gasteiger charge is -2.34. The Bertz CT molecular complexity index is 925. The summed E-state index contributed by atoms with van der Waals surface area (Å²) in [5, 5.41) is 23.4. The average Bonchev–Trinajstić information content (AvgIpc) is 3.33. The van der Waals surface area contributed by atoms with Gasteiger partial charge in [-0.1, -0.05) is 29.0 Å². The second-order valence-electron chi connectivity index (χ2n) is 5.43. The van der Waals surface area contributed by atoms with Crippen LogP contribution in [0.25, 0.3) is 9.88 Å². The van der Waals surface area contributed by atoms with Crippen LogP contribution in [0.4, 0.5) is 16.6 Å². The Balaban J connectivity index is 1.48. The predicted molar refractivity (Wildman–Crippen MR) is 101 cm³/mol. The van der Waals surface area contributed by atoms with Gasteiger partial charge in [0, 0.05) is 26.2 Å². The van der Waals surface area contributed by atoms with Gasteiger partial charge in [0.15, 0.2) is 5.01 Å². The van der Waals surface area contributed by atoms with Crippen molar-refractivity contribution in [2.24, 2.45) is 0 Å². The molecule has 4 rings (SSSR count). The lowest BCUT2D eigenvalue weighted by atomic mass is 10.3. The summed E-state index contributed by atoms with van der Waals surface area (Å²) in [7, 11) is 0. The molecule has 4 heterocycles. The highest BCUT2D eigenvalue weighted by molar-refractivity contribution is 7.22. The number of hydrogen-bond donors (Lipinski definition) is 0. The third-order valence-electron chi connectivity index (χ3n) is 3.94. The van der Waals surface area contributed by atoms with Crippen molar-refractivity contribution in [3.63, 3.8) is 0 Å². The molecule has 3 aromatic rings. The molecule has 1 saturated heterocycles. The van der Waals surface area contributed by atoms with E-state index in [4.69, 9.17) is 11.6 Å². The molecule has 0 bridgehead atoms. The maximum atomic E-state index is 11.3. The largest absolute Gasteiger partial charge is 0.348 e. The van der Waals surface area contributed by atoms with E-state index in [1.165, 1.54) is 6.33 Å². The molecule has 0 aliphatic carbocycles. The Labute approximate surface area is 161 Å². The first-order valence-electron chi connectivity index (χ1n) is 7.65. The first-order chi connectivity index (χ1) is 12.6. The molecule has 26 heavy (non-hydrogen) atoms. The Morgan fingerprint density at radius 3 is 2.62 bits per heavy atom. The molecule has 0 amide bonds. The molecule has 0 N–H and O–H groups in total. The second-order valence-corrected chi connectivity index (χ2v) is 7.70. The van der Waals surface area contributed by atoms with E-state index in [2.05, 4.69) is 25.1 Å². The van der Waals surface area contributed by atoms with Crippen molar-refractivity contribution in [1.29, 1.82) is 0 Å². The number of thiophene rings is 1. The lowest BCUT2D eigenvalue weighted by Crippen LogP contribution is -2.47. The fourth-order valence-electron chi connectivity index (χ4n) is 2.69. The molecule has 134 valence electrons. The fourth-order valence-corrected chi connectivity index (χ4v) is 4.58. The molecule has 9 nitrogen and oxygen atoms in total. The number of piperazine rings is 1. The van der Waals surface area contributed by atoms with Crippen LogP contribution in [0, 0.1) is 10.1 Å². The molecule has 1 fully saturated rings. The van der Waals surface area contributed by atoms with Crippen molar-refractivity contribution in [3.05, 3.63) is 39.1 Å². The molecule has 0 radical (unpaired) electrons. The van der Waals surface area contributed by atoms with Gasteiger partial charge in [-0.05, 0) is 11.4 Å². The summed E-state index contributed by atoms with van der Waals surface area (Å²) in [4.78, 5) is 23.6. The van der Waals surface area contributed by atoms with Crippen LogP contribution in [-0.2, 0) is 0 Å². The first-order valence-corrected chi connectivity index (χ1v) is 9.73. The number of hydrogen-bond acceptors (Lipinski definition) is 10. The third kappa shape index (κ3) is 3.20. The Hall–Kier alpha value is -2.37. The van der Waals surface area contributed by atoms with E-state index < -0.39 is 4.92 Å². The van der Waals surface area contributed by atoms with Gasteiger partial charge in [0.1, 0.15) is 6.33 Å². The average molecular weight is 410 g/mol. The highest BCUT2D eigenvalue weighted by Gasteiger charge is 2.29. The van der Waals surface area contributed by atoms with E-state index in [1.54, 1.807) is 22.7 Å². The Morgan fingerprint density at radius 1 is 1.15 bits per heavy atom. The quantitative estimate of drug-likeness (QED) is 0.368. The molecule has 0 unspecified atom stereocenters. The van der Waals surface area contributed by atoms with E-state index in [-0.39, 0.29) is 16.7 Å². The van der Waals surface area contributed by atoms with Crippen molar-refractivity contribution < 1.29 is 4.92 Å². The molecule has 0 spiro atoms. The number of nitrogens with zero attached hydrogens (tertiary/aromatic N) is 7. The first kappa shape index (κ1) is 17.1. The van der Waals surface area contributed by atoms with Crippen LogP contribution >= 0.6 is 34.3 Å². The van der Waals surface area contributed by atoms with Crippen molar-refractivity contribution in [2.75, 3.05) is 36.0 Å². The van der Waals surface area contributed by atoms with Crippen molar-refractivity contribution >= 4 is 50.9 Å². The Kier molecular flexibility index (Phi) is 4.66. The highest BCUT2D eigenvalue weighted by Crippen LogP contribution is 2.34. The lowest BCUT2D eigenvalue weighted by molar-refractivity contribution is -0.384. The minimum Gasteiger partial charge on any atom is -0.347 e. The monoisotopic (exact) mass is 409 g/mol. The summed E-state index contributed by atoms with van der Waals surface area (Å²) in [6.45, 7) is 2.47. The van der Waals surface area contributed by atoms with Crippen LogP contribution in [0.2, 0.25) is 5.15 Å². The van der Waals surface area contributed by atoms with Crippen LogP contribution in [0.1, 0.15) is 0 Å². The van der Waals surface area contributed by atoms with Gasteiger partial charge in [-0.3, -0.25) is 10.1 Å². The zero-order chi connectivity index (χ0) is 18.1. The number of nitro groups is 1. The summed E-state index contributed by atoms with van der Waals surface area (Å²) in [5.41, 5.74) is -0.251. The predicted octanol–water partition coefficient (Wildman–Crippen LogP) is 2.94. The molecule has 0 atom stereocenters. The maximum absolute atomic E-state index is 11.3. The molecule has 12 heteroatoms. The summed E-state index contributed by atoms with van der Waals surface area (Å²) in [6.07, 6.45) is 1.25. The SMILES string of the molecule is O=[N+]([O-])c1c(Cl)ncnc1N1CCN(c2nnc(-c3cccs3)s2)CC1. The molecule has 1 aliphatic heterocycles. The van der Waals surface area contributed by atoms with Gasteiger partial charge in [0.05, 0.1) is 9.80 Å². The topological polar surface area (TPSA) is 101 Å². The van der Waals surface area contributed by atoms with Gasteiger partial charge in [0.25, 0.3) is 0 Å². The summed E-state index contributed by atoms with van der Waals surface area (Å²) in [6, 6.07) is 4.00. The van der Waals surface area contributed by atoms with E-state index >= 15 is 0 Å². The minimum absolute atomic E-state index is 0.146. The minimum atomic E-state index is -0.540. The van der Waals surface area contributed by atoms with E-state index in [0.717, 1.165) is 15.0 Å². The molecule has 0 saturated carbocycles. The van der Waals surface area contributed by atoms with Gasteiger partial charge in [-0.15, -0.1) is 21.5 Å². The molecule has 3 aromatic heterocycles. The normalized spacial score (nSPS) is 14.7. The van der Waals surface area contributed by atoms with Gasteiger partial charge in [-0.25, -0.2) is 9.97 Å². The van der Waals surface area contributed by atoms with Crippen LogP contribution in [0.3, 0.4) is 0 Å². The molecule has 0 aromatic carbocycles. The summed E-state index contributed by atoms with van der Waals surface area (Å²) < 4.78 is 0. The number of anilines is 2. The zero-order valence-corrected chi connectivity index (χ0v) is 15.7. The van der Waals surface area contributed by atoms with Gasteiger partial charge in [0.2, 0.25) is 16.1 Å². The summed E-state index contributed by atoms with van der Waals surface area (Å²) in [5.74, 6) is 0.256. The molecular formula is C14H12ClN7O2S2. The van der Waals surface area contributed by atoms with E-state index in [1.807, 2.05) is 22.4 Å². The third-order valence-corrected chi connectivity index (χ3v) is 6.24. The van der Waals surface area contributed by atoms with Crippen molar-refractivity contribution in [1.82, 2.24) is 20.2 Å². The zero-order valence-electron chi connectivity index (χ0n) is 13.3. The molecular weight excluding hydrogens is 398 g/mol. The van der Waals surface area contributed by atoms with Crippen LogP contribution < -0.4 is 9.80 Å². The van der Waals surface area contributed by atoms with Gasteiger partial charge in [-0.2, -0.15) is 0 Å².